The molecule has 2 amide bonds. The molecule has 5 heteroatoms. The van der Waals surface area contributed by atoms with Crippen LogP contribution in [-0.4, -0.2) is 29.3 Å². The van der Waals surface area contributed by atoms with E-state index in [1.54, 1.807) is 24.3 Å². The number of rotatable bonds is 3. The van der Waals surface area contributed by atoms with Gasteiger partial charge in [-0.3, -0.25) is 9.59 Å². The molecule has 2 fully saturated rings. The largest absolute Gasteiger partial charge is 0.339 e. The summed E-state index contributed by atoms with van der Waals surface area (Å²) in [6.45, 7) is 0.533. The Bertz CT molecular complexity index is 599. The summed E-state index contributed by atoms with van der Waals surface area (Å²) in [5.41, 5.74) is 1.22. The molecule has 108 valence electrons. The van der Waals surface area contributed by atoms with Gasteiger partial charge in [0, 0.05) is 24.7 Å². The maximum atomic E-state index is 12.2. The number of nitrogens with one attached hydrogen (secondary N) is 1. The highest BCUT2D eigenvalue weighted by molar-refractivity contribution is 5.97. The predicted molar refractivity (Wildman–Crippen MR) is 77.2 cm³/mol. The molecule has 5 nitrogen and oxygen atoms in total. The maximum absolute atomic E-state index is 12.2. The van der Waals surface area contributed by atoms with Crippen LogP contribution in [0, 0.1) is 17.2 Å². The smallest absolute Gasteiger partial charge is 0.229 e. The Hall–Kier alpha value is -2.35. The number of nitriles is 1. The van der Waals surface area contributed by atoms with Crippen LogP contribution >= 0.6 is 0 Å². The number of carbonyl (C=O) groups is 2. The van der Waals surface area contributed by atoms with Crippen LogP contribution in [0.3, 0.4) is 0 Å². The van der Waals surface area contributed by atoms with E-state index in [2.05, 4.69) is 5.32 Å². The van der Waals surface area contributed by atoms with Crippen molar-refractivity contribution >= 4 is 17.5 Å². The van der Waals surface area contributed by atoms with Crippen molar-refractivity contribution in [3.05, 3.63) is 29.8 Å². The van der Waals surface area contributed by atoms with Crippen molar-refractivity contribution in [1.29, 1.82) is 5.26 Å². The molecule has 1 unspecified atom stereocenters. The molecule has 21 heavy (non-hydrogen) atoms. The molecule has 1 aliphatic heterocycles. The van der Waals surface area contributed by atoms with Gasteiger partial charge in [-0.25, -0.2) is 0 Å². The first-order chi connectivity index (χ1) is 10.2. The SMILES string of the molecule is N#Cc1ccc(NC(=O)C2CC(=O)N(C3CCC3)C2)cc1. The molecule has 1 N–H and O–H groups in total. The van der Waals surface area contributed by atoms with Crippen molar-refractivity contribution in [2.45, 2.75) is 31.7 Å². The topological polar surface area (TPSA) is 73.2 Å². The summed E-state index contributed by atoms with van der Waals surface area (Å²) >= 11 is 0. The van der Waals surface area contributed by atoms with E-state index in [9.17, 15) is 9.59 Å². The minimum Gasteiger partial charge on any atom is -0.339 e. The van der Waals surface area contributed by atoms with Gasteiger partial charge in [-0.05, 0) is 43.5 Å². The van der Waals surface area contributed by atoms with Crippen LogP contribution in [0.2, 0.25) is 0 Å². The first-order valence-corrected chi connectivity index (χ1v) is 7.28. The van der Waals surface area contributed by atoms with Gasteiger partial charge < -0.3 is 10.2 Å². The van der Waals surface area contributed by atoms with Gasteiger partial charge in [0.1, 0.15) is 0 Å². The van der Waals surface area contributed by atoms with Crippen molar-refractivity contribution in [2.75, 3.05) is 11.9 Å². The van der Waals surface area contributed by atoms with E-state index in [-0.39, 0.29) is 17.7 Å². The van der Waals surface area contributed by atoms with Crippen molar-refractivity contribution in [3.63, 3.8) is 0 Å². The van der Waals surface area contributed by atoms with Crippen LogP contribution in [0.15, 0.2) is 24.3 Å². The fraction of sp³-hybridized carbons (Fsp3) is 0.438. The molecule has 0 aromatic heterocycles. The average molecular weight is 283 g/mol. The van der Waals surface area contributed by atoms with Crippen LogP contribution in [0.25, 0.3) is 0 Å². The molecule has 1 aliphatic carbocycles. The summed E-state index contributed by atoms with van der Waals surface area (Å²) < 4.78 is 0. The summed E-state index contributed by atoms with van der Waals surface area (Å²) in [6, 6.07) is 9.12. The first kappa shape index (κ1) is 13.6. The van der Waals surface area contributed by atoms with E-state index in [4.69, 9.17) is 5.26 Å². The Morgan fingerprint density at radius 1 is 1.29 bits per heavy atom. The van der Waals surface area contributed by atoms with Gasteiger partial charge in [0.05, 0.1) is 17.6 Å². The number of benzene rings is 1. The number of hydrogen-bond acceptors (Lipinski definition) is 3. The second-order valence-electron chi connectivity index (χ2n) is 5.71. The second-order valence-corrected chi connectivity index (χ2v) is 5.71. The van der Waals surface area contributed by atoms with Gasteiger partial charge in [-0.2, -0.15) is 5.26 Å². The Kier molecular flexibility index (Phi) is 3.61. The molecule has 1 saturated heterocycles. The monoisotopic (exact) mass is 283 g/mol. The van der Waals surface area contributed by atoms with E-state index in [1.807, 2.05) is 11.0 Å². The highest BCUT2D eigenvalue weighted by Crippen LogP contribution is 2.31. The lowest BCUT2D eigenvalue weighted by Gasteiger charge is -2.34. The number of carbonyl (C=O) groups excluding carboxylic acids is 2. The number of hydrogen-bond donors (Lipinski definition) is 1. The summed E-state index contributed by atoms with van der Waals surface area (Å²) in [6.07, 6.45) is 3.61. The third-order valence-corrected chi connectivity index (χ3v) is 4.33. The molecular formula is C16H17N3O2. The highest BCUT2D eigenvalue weighted by Gasteiger charge is 2.39. The maximum Gasteiger partial charge on any atom is 0.229 e. The van der Waals surface area contributed by atoms with Crippen molar-refractivity contribution in [2.24, 2.45) is 5.92 Å². The van der Waals surface area contributed by atoms with E-state index >= 15 is 0 Å². The van der Waals surface area contributed by atoms with Crippen LogP contribution in [0.1, 0.15) is 31.2 Å². The predicted octanol–water partition coefficient (Wildman–Crippen LogP) is 1.90. The van der Waals surface area contributed by atoms with Gasteiger partial charge in [0.2, 0.25) is 11.8 Å². The average Bonchev–Trinajstić information content (AvgIpc) is 2.80. The first-order valence-electron chi connectivity index (χ1n) is 7.28. The number of nitrogens with zero attached hydrogens (tertiary/aromatic N) is 2. The lowest BCUT2D eigenvalue weighted by atomic mass is 9.92. The summed E-state index contributed by atoms with van der Waals surface area (Å²) in [4.78, 5) is 26.1. The molecule has 1 saturated carbocycles. The molecular weight excluding hydrogens is 266 g/mol. The summed E-state index contributed by atoms with van der Waals surface area (Å²) in [5, 5.41) is 11.6. The molecule has 1 heterocycles. The van der Waals surface area contributed by atoms with E-state index in [0.29, 0.717) is 30.3 Å². The number of likely N-dealkylation sites (tertiary alicyclic amines) is 1. The van der Waals surface area contributed by atoms with Crippen LogP contribution < -0.4 is 5.32 Å². The Morgan fingerprint density at radius 3 is 2.57 bits per heavy atom. The zero-order valence-corrected chi connectivity index (χ0v) is 11.7. The summed E-state index contributed by atoms with van der Waals surface area (Å²) in [7, 11) is 0. The standard InChI is InChI=1S/C16H17N3O2/c17-9-11-4-6-13(7-5-11)18-16(21)12-8-15(20)19(10-12)14-2-1-3-14/h4-7,12,14H,1-3,8,10H2,(H,18,21). The number of amides is 2. The Morgan fingerprint density at radius 2 is 2.00 bits per heavy atom. The van der Waals surface area contributed by atoms with Crippen molar-refractivity contribution < 1.29 is 9.59 Å². The fourth-order valence-electron chi connectivity index (χ4n) is 2.83. The third kappa shape index (κ3) is 2.75. The lowest BCUT2D eigenvalue weighted by Crippen LogP contribution is -2.41. The fourth-order valence-corrected chi connectivity index (χ4v) is 2.83. The molecule has 3 rings (SSSR count). The molecule has 2 aliphatic rings. The van der Waals surface area contributed by atoms with Gasteiger partial charge in [-0.15, -0.1) is 0 Å². The second kappa shape index (κ2) is 5.57. The summed E-state index contributed by atoms with van der Waals surface area (Å²) in [5.74, 6) is -0.289. The van der Waals surface area contributed by atoms with E-state index in [0.717, 1.165) is 12.8 Å². The van der Waals surface area contributed by atoms with Gasteiger partial charge in [-0.1, -0.05) is 0 Å². The normalized spacial score (nSPS) is 21.8. The molecule has 0 radical (unpaired) electrons. The van der Waals surface area contributed by atoms with E-state index in [1.165, 1.54) is 6.42 Å². The highest BCUT2D eigenvalue weighted by atomic mass is 16.2. The lowest BCUT2D eigenvalue weighted by molar-refractivity contribution is -0.131. The van der Waals surface area contributed by atoms with Gasteiger partial charge in [0.25, 0.3) is 0 Å². The van der Waals surface area contributed by atoms with Gasteiger partial charge >= 0.3 is 0 Å². The Balaban J connectivity index is 1.60. The molecule has 0 bridgehead atoms. The minimum atomic E-state index is -0.270. The third-order valence-electron chi connectivity index (χ3n) is 4.33. The van der Waals surface area contributed by atoms with Crippen LogP contribution in [0.5, 0.6) is 0 Å². The van der Waals surface area contributed by atoms with Gasteiger partial charge in [0.15, 0.2) is 0 Å². The van der Waals surface area contributed by atoms with Crippen molar-refractivity contribution in [1.82, 2.24) is 4.90 Å². The number of anilines is 1. The molecule has 0 spiro atoms. The quantitative estimate of drug-likeness (QED) is 0.920. The zero-order valence-electron chi connectivity index (χ0n) is 11.7. The zero-order chi connectivity index (χ0) is 14.8. The molecule has 1 aromatic rings. The van der Waals surface area contributed by atoms with Crippen LogP contribution in [-0.2, 0) is 9.59 Å². The Labute approximate surface area is 123 Å². The van der Waals surface area contributed by atoms with E-state index < -0.39 is 0 Å². The molecule has 1 atom stereocenters. The van der Waals surface area contributed by atoms with Crippen LogP contribution in [0.4, 0.5) is 5.69 Å². The minimum absolute atomic E-state index is 0.0969. The van der Waals surface area contributed by atoms with Crippen molar-refractivity contribution in [3.8, 4) is 6.07 Å². The molecule has 1 aromatic carbocycles.